The largest absolute Gasteiger partial charge is 0.392 e. The molecule has 0 heterocycles. The van der Waals surface area contributed by atoms with Crippen LogP contribution in [-0.4, -0.2) is 23.4 Å². The summed E-state index contributed by atoms with van der Waals surface area (Å²) in [5.41, 5.74) is 6.69. The van der Waals surface area contributed by atoms with E-state index in [2.05, 4.69) is 52.0 Å². The second-order valence-corrected chi connectivity index (χ2v) is 7.75. The highest BCUT2D eigenvalue weighted by atomic mass is 16.3. The standard InChI is InChI=1S/C25H42O2/c1-21(11-7-13-23(3)15-9-17-25(5)20-27)10-6-12-22(2)14-8-16-24(4)18-19-26/h10,13-14,17-18,26-27H,6-9,11-12,15-16,19-20H2,1-5H3. The third-order valence-corrected chi connectivity index (χ3v) is 4.82. The lowest BCUT2D eigenvalue weighted by Gasteiger charge is -2.03. The maximum atomic E-state index is 8.99. The molecule has 0 saturated heterocycles. The minimum absolute atomic E-state index is 0.147. The third-order valence-electron chi connectivity index (χ3n) is 4.82. The normalized spacial score (nSPS) is 14.9. The van der Waals surface area contributed by atoms with Gasteiger partial charge < -0.3 is 10.2 Å². The van der Waals surface area contributed by atoms with Crippen molar-refractivity contribution in [2.24, 2.45) is 0 Å². The van der Waals surface area contributed by atoms with E-state index >= 15 is 0 Å². The highest BCUT2D eigenvalue weighted by molar-refractivity contribution is 5.08. The average Bonchev–Trinajstić information content (AvgIpc) is 2.61. The highest BCUT2D eigenvalue weighted by Crippen LogP contribution is 2.14. The van der Waals surface area contributed by atoms with E-state index in [4.69, 9.17) is 10.2 Å². The molecule has 27 heavy (non-hydrogen) atoms. The van der Waals surface area contributed by atoms with Gasteiger partial charge in [0, 0.05) is 0 Å². The van der Waals surface area contributed by atoms with Gasteiger partial charge in [-0.25, -0.2) is 0 Å². The van der Waals surface area contributed by atoms with Gasteiger partial charge in [-0.2, -0.15) is 0 Å². The van der Waals surface area contributed by atoms with Gasteiger partial charge in [-0.15, -0.1) is 0 Å². The van der Waals surface area contributed by atoms with E-state index in [1.165, 1.54) is 22.3 Å². The Morgan fingerprint density at radius 1 is 0.481 bits per heavy atom. The molecule has 2 N–H and O–H groups in total. The first kappa shape index (κ1) is 25.6. The minimum Gasteiger partial charge on any atom is -0.392 e. The summed E-state index contributed by atoms with van der Waals surface area (Å²) in [6.45, 7) is 11.0. The molecule has 2 nitrogen and oxygen atoms in total. The van der Waals surface area contributed by atoms with Gasteiger partial charge in [-0.3, -0.25) is 0 Å². The number of hydrogen-bond donors (Lipinski definition) is 2. The molecule has 0 fully saturated rings. The van der Waals surface area contributed by atoms with Crippen LogP contribution in [0.5, 0.6) is 0 Å². The van der Waals surface area contributed by atoms with Crippen molar-refractivity contribution >= 4 is 0 Å². The maximum Gasteiger partial charge on any atom is 0.0639 e. The lowest BCUT2D eigenvalue weighted by atomic mass is 10.0. The molecule has 0 spiro atoms. The van der Waals surface area contributed by atoms with E-state index in [0.717, 1.165) is 56.9 Å². The first-order valence-electron chi connectivity index (χ1n) is 10.4. The van der Waals surface area contributed by atoms with Crippen molar-refractivity contribution < 1.29 is 10.2 Å². The molecule has 2 heteroatoms. The fourth-order valence-corrected chi connectivity index (χ4v) is 2.81. The second kappa shape index (κ2) is 16.8. The molecule has 0 unspecified atom stereocenters. The molecule has 0 rings (SSSR count). The van der Waals surface area contributed by atoms with Gasteiger partial charge in [0.1, 0.15) is 0 Å². The summed E-state index contributed by atoms with van der Waals surface area (Å²) in [6, 6.07) is 0. The molecule has 154 valence electrons. The molecule has 0 aliphatic carbocycles. The molecule has 0 aromatic carbocycles. The van der Waals surface area contributed by atoms with E-state index in [-0.39, 0.29) is 13.2 Å². The molecular weight excluding hydrogens is 332 g/mol. The fraction of sp³-hybridized carbons (Fsp3) is 0.600. The van der Waals surface area contributed by atoms with Crippen molar-refractivity contribution in [3.63, 3.8) is 0 Å². The van der Waals surface area contributed by atoms with Crippen LogP contribution in [0.2, 0.25) is 0 Å². The monoisotopic (exact) mass is 374 g/mol. The van der Waals surface area contributed by atoms with Crippen LogP contribution < -0.4 is 0 Å². The summed E-state index contributed by atoms with van der Waals surface area (Å²) in [5.74, 6) is 0. The van der Waals surface area contributed by atoms with Crippen LogP contribution in [0.1, 0.15) is 86.0 Å². The smallest absolute Gasteiger partial charge is 0.0639 e. The van der Waals surface area contributed by atoms with Crippen molar-refractivity contribution in [1.29, 1.82) is 0 Å². The van der Waals surface area contributed by atoms with Crippen LogP contribution in [0.15, 0.2) is 58.2 Å². The molecule has 0 atom stereocenters. The molecule has 0 aliphatic rings. The van der Waals surface area contributed by atoms with Crippen molar-refractivity contribution in [3.05, 3.63) is 58.2 Å². The Morgan fingerprint density at radius 2 is 0.778 bits per heavy atom. The summed E-state index contributed by atoms with van der Waals surface area (Å²) < 4.78 is 0. The Hall–Kier alpha value is -1.38. The Kier molecular flexibility index (Phi) is 15.9. The van der Waals surface area contributed by atoms with Gasteiger partial charge in [0.15, 0.2) is 0 Å². The second-order valence-electron chi connectivity index (χ2n) is 7.75. The molecule has 0 radical (unpaired) electrons. The molecule has 0 amide bonds. The summed E-state index contributed by atoms with van der Waals surface area (Å²) >= 11 is 0. The highest BCUT2D eigenvalue weighted by Gasteiger charge is 1.94. The van der Waals surface area contributed by atoms with Gasteiger partial charge in [0.2, 0.25) is 0 Å². The van der Waals surface area contributed by atoms with Crippen molar-refractivity contribution in [1.82, 2.24) is 0 Å². The van der Waals surface area contributed by atoms with Crippen LogP contribution in [0.3, 0.4) is 0 Å². The van der Waals surface area contributed by atoms with E-state index in [9.17, 15) is 0 Å². The van der Waals surface area contributed by atoms with Gasteiger partial charge in [-0.05, 0) is 86.0 Å². The lowest BCUT2D eigenvalue weighted by Crippen LogP contribution is -1.85. The van der Waals surface area contributed by atoms with Crippen LogP contribution in [-0.2, 0) is 0 Å². The quantitative estimate of drug-likeness (QED) is 0.327. The van der Waals surface area contributed by atoms with Crippen LogP contribution in [0.25, 0.3) is 0 Å². The Labute approximate surface area is 168 Å². The zero-order valence-electron chi connectivity index (χ0n) is 18.4. The van der Waals surface area contributed by atoms with Crippen molar-refractivity contribution in [3.8, 4) is 0 Å². The SMILES string of the molecule is CC(=CCCC(C)=CCCC(C)=CCCC(C)=CCCC(C)=CCO)CO. The first-order valence-corrected chi connectivity index (χ1v) is 10.4. The number of aliphatic hydroxyl groups excluding tert-OH is 2. The van der Waals surface area contributed by atoms with E-state index < -0.39 is 0 Å². The van der Waals surface area contributed by atoms with Crippen LogP contribution >= 0.6 is 0 Å². The van der Waals surface area contributed by atoms with E-state index in [1.807, 2.05) is 13.0 Å². The van der Waals surface area contributed by atoms with E-state index in [0.29, 0.717) is 0 Å². The Bertz CT molecular complexity index is 545. The summed E-state index contributed by atoms with van der Waals surface area (Å²) in [5, 5.41) is 17.8. The van der Waals surface area contributed by atoms with Gasteiger partial charge in [-0.1, -0.05) is 58.2 Å². The number of aliphatic hydroxyl groups is 2. The fourth-order valence-electron chi connectivity index (χ4n) is 2.81. The summed E-state index contributed by atoms with van der Waals surface area (Å²) in [6.07, 6.45) is 19.8. The number of allylic oxidation sites excluding steroid dienone is 8. The number of hydrogen-bond acceptors (Lipinski definition) is 2. The zero-order valence-corrected chi connectivity index (χ0v) is 18.4. The topological polar surface area (TPSA) is 40.5 Å². The predicted octanol–water partition coefficient (Wildman–Crippen LogP) is 6.82. The first-order chi connectivity index (χ1) is 12.9. The minimum atomic E-state index is 0.147. The van der Waals surface area contributed by atoms with Gasteiger partial charge in [0.25, 0.3) is 0 Å². The molecule has 0 bridgehead atoms. The third kappa shape index (κ3) is 16.5. The van der Waals surface area contributed by atoms with Gasteiger partial charge in [0.05, 0.1) is 13.2 Å². The zero-order chi connectivity index (χ0) is 20.5. The van der Waals surface area contributed by atoms with Crippen molar-refractivity contribution in [2.45, 2.75) is 86.0 Å². The average molecular weight is 375 g/mol. The van der Waals surface area contributed by atoms with Gasteiger partial charge >= 0.3 is 0 Å². The van der Waals surface area contributed by atoms with E-state index in [1.54, 1.807) is 0 Å². The summed E-state index contributed by atoms with van der Waals surface area (Å²) in [7, 11) is 0. The number of rotatable bonds is 14. The van der Waals surface area contributed by atoms with Crippen LogP contribution in [0, 0.1) is 0 Å². The Balaban J connectivity index is 4.04. The summed E-state index contributed by atoms with van der Waals surface area (Å²) in [4.78, 5) is 0. The lowest BCUT2D eigenvalue weighted by molar-refractivity contribution is 0.331. The van der Waals surface area contributed by atoms with Crippen LogP contribution in [0.4, 0.5) is 0 Å². The molecule has 0 aromatic rings. The predicted molar refractivity (Wildman–Crippen MR) is 120 cm³/mol. The molecule has 0 aromatic heterocycles. The molecular formula is C25H42O2. The maximum absolute atomic E-state index is 8.99. The molecule has 0 saturated carbocycles. The molecule has 0 aliphatic heterocycles. The van der Waals surface area contributed by atoms with Crippen molar-refractivity contribution in [2.75, 3.05) is 13.2 Å². The Morgan fingerprint density at radius 3 is 1.07 bits per heavy atom.